The normalized spacial score (nSPS) is 20.1. The van der Waals surface area contributed by atoms with Crippen molar-refractivity contribution in [2.75, 3.05) is 12.9 Å². The number of halogens is 2. The van der Waals surface area contributed by atoms with Crippen LogP contribution in [0.1, 0.15) is 63.6 Å². The molecule has 50 heavy (non-hydrogen) atoms. The lowest BCUT2D eigenvalue weighted by molar-refractivity contribution is -0.144. The van der Waals surface area contributed by atoms with Gasteiger partial charge in [-0.05, 0) is 79.1 Å². The van der Waals surface area contributed by atoms with E-state index in [2.05, 4.69) is 18.0 Å². The molecule has 0 saturated carbocycles. The Balaban J connectivity index is 1.48. The molecule has 2 aromatic heterocycles. The van der Waals surface area contributed by atoms with Gasteiger partial charge in [-0.1, -0.05) is 51.5 Å². The number of benzene rings is 3. The number of esters is 1. The predicted octanol–water partition coefficient (Wildman–Crippen LogP) is 8.81. The number of methoxy groups -OCH3 is 1. The van der Waals surface area contributed by atoms with Crippen LogP contribution in [0.15, 0.2) is 78.5 Å². The third-order valence-corrected chi connectivity index (χ3v) is 11.3. The summed E-state index contributed by atoms with van der Waals surface area (Å²) in [5, 5.41) is 6.58. The molecule has 0 spiro atoms. The summed E-state index contributed by atoms with van der Waals surface area (Å²) in [6.07, 6.45) is 7.12. The van der Waals surface area contributed by atoms with E-state index in [1.165, 1.54) is 37.5 Å². The predicted molar refractivity (Wildman–Crippen MR) is 190 cm³/mol. The molecule has 1 aliphatic rings. The summed E-state index contributed by atoms with van der Waals surface area (Å²) >= 11 is 0. The van der Waals surface area contributed by atoms with Gasteiger partial charge in [0.2, 0.25) is 0 Å². The number of rotatable bonds is 4. The first kappa shape index (κ1) is 35.1. The van der Waals surface area contributed by atoms with Crippen LogP contribution in [0, 0.1) is 23.0 Å². The van der Waals surface area contributed by atoms with E-state index in [1.54, 1.807) is 24.5 Å². The van der Waals surface area contributed by atoms with Crippen molar-refractivity contribution in [3.8, 4) is 22.8 Å². The summed E-state index contributed by atoms with van der Waals surface area (Å²) in [5.74, 6) is -2.02. The van der Waals surface area contributed by atoms with Crippen LogP contribution in [0.5, 0.6) is 11.5 Å². The molecule has 0 saturated heterocycles. The Bertz CT molecular complexity index is 2200. The fourth-order valence-corrected chi connectivity index (χ4v) is 8.56. The molecule has 0 fully saturated rings. The summed E-state index contributed by atoms with van der Waals surface area (Å²) in [7, 11) is -2.38. The number of fused-ring (bicyclic) bond motifs is 8. The maximum atomic E-state index is 15.6. The van der Waals surface area contributed by atoms with Crippen molar-refractivity contribution in [3.63, 3.8) is 0 Å². The molecule has 3 aromatic carbocycles. The highest BCUT2D eigenvalue weighted by Crippen LogP contribution is 2.39. The first-order valence-electron chi connectivity index (χ1n) is 16.6. The Hall–Kier alpha value is -4.77. The number of carbonyl (C=O) groups is 1. The van der Waals surface area contributed by atoms with Crippen LogP contribution in [0.3, 0.4) is 0 Å². The van der Waals surface area contributed by atoms with E-state index in [0.717, 1.165) is 16.5 Å². The second-order valence-corrected chi connectivity index (χ2v) is 16.0. The molecule has 5 aromatic rings. The molecule has 1 N–H and O–H groups in total. The molecule has 262 valence electrons. The molecule has 6 rings (SSSR count). The highest BCUT2D eigenvalue weighted by Gasteiger charge is 2.33. The van der Waals surface area contributed by atoms with E-state index in [9.17, 15) is 13.2 Å². The topological polar surface area (TPSA) is 103 Å². The molecular weight excluding hydrogens is 661 g/mol. The molecular formula is C39H41F2N3O5S. The molecule has 0 radical (unpaired) electrons. The highest BCUT2D eigenvalue weighted by molar-refractivity contribution is 7.94. The van der Waals surface area contributed by atoms with Crippen molar-refractivity contribution >= 4 is 32.8 Å². The van der Waals surface area contributed by atoms with Crippen molar-refractivity contribution in [1.82, 2.24) is 14.8 Å². The molecule has 3 heterocycles. The second-order valence-electron chi connectivity index (χ2n) is 14.2. The molecule has 0 amide bonds. The van der Waals surface area contributed by atoms with Crippen LogP contribution >= 0.6 is 0 Å². The van der Waals surface area contributed by atoms with Crippen molar-refractivity contribution in [3.05, 3.63) is 107 Å². The van der Waals surface area contributed by atoms with Gasteiger partial charge in [0.05, 0.1) is 30.0 Å². The summed E-state index contributed by atoms with van der Waals surface area (Å²) in [4.78, 5) is 15.2. The first-order valence-corrected chi connectivity index (χ1v) is 18.3. The van der Waals surface area contributed by atoms with E-state index in [1.807, 2.05) is 43.7 Å². The van der Waals surface area contributed by atoms with E-state index >= 15 is 8.78 Å². The number of carbonyl (C=O) groups excluding carboxylic acids is 1. The molecule has 1 unspecified atom stereocenters. The lowest BCUT2D eigenvalue weighted by Gasteiger charge is -2.33. The molecule has 4 bridgehead atoms. The van der Waals surface area contributed by atoms with Gasteiger partial charge >= 0.3 is 5.97 Å². The van der Waals surface area contributed by atoms with Gasteiger partial charge in [-0.2, -0.15) is 5.10 Å². The van der Waals surface area contributed by atoms with Gasteiger partial charge in [0.1, 0.15) is 11.6 Å². The molecule has 8 nitrogen and oxygen atoms in total. The zero-order valence-electron chi connectivity index (χ0n) is 28.8. The van der Waals surface area contributed by atoms with Gasteiger partial charge in [-0.25, -0.2) is 17.2 Å². The number of aromatic amines is 1. The summed E-state index contributed by atoms with van der Waals surface area (Å²) in [6.45, 7) is 7.72. The van der Waals surface area contributed by atoms with Crippen molar-refractivity contribution in [2.24, 2.45) is 11.3 Å². The third-order valence-electron chi connectivity index (χ3n) is 9.58. The van der Waals surface area contributed by atoms with E-state index in [4.69, 9.17) is 14.6 Å². The minimum atomic E-state index is -3.75. The van der Waals surface area contributed by atoms with Gasteiger partial charge in [0, 0.05) is 45.9 Å². The number of H-pyrrole nitrogens is 1. The zero-order valence-corrected chi connectivity index (χ0v) is 29.6. The Morgan fingerprint density at radius 2 is 1.86 bits per heavy atom. The van der Waals surface area contributed by atoms with Gasteiger partial charge in [-0.15, -0.1) is 0 Å². The monoisotopic (exact) mass is 701 g/mol. The largest absolute Gasteiger partial charge is 0.469 e. The maximum absolute atomic E-state index is 15.6. The Labute approximate surface area is 291 Å². The van der Waals surface area contributed by atoms with Crippen LogP contribution in [0.2, 0.25) is 0 Å². The number of aromatic nitrogens is 3. The van der Waals surface area contributed by atoms with Gasteiger partial charge in [0.15, 0.2) is 21.4 Å². The average Bonchev–Trinajstić information content (AvgIpc) is 3.75. The molecule has 1 aliphatic heterocycles. The average molecular weight is 702 g/mol. The van der Waals surface area contributed by atoms with Crippen LogP contribution in [-0.2, 0) is 31.3 Å². The number of nitrogens with zero attached hydrogens (tertiary/aromatic N) is 2. The van der Waals surface area contributed by atoms with Crippen molar-refractivity contribution in [1.29, 1.82) is 0 Å². The molecule has 2 atom stereocenters. The van der Waals surface area contributed by atoms with Gasteiger partial charge in [0.25, 0.3) is 0 Å². The lowest BCUT2D eigenvalue weighted by atomic mass is 9.82. The Morgan fingerprint density at radius 1 is 1.06 bits per heavy atom. The third kappa shape index (κ3) is 7.23. The van der Waals surface area contributed by atoms with Gasteiger partial charge < -0.3 is 14.5 Å². The Morgan fingerprint density at radius 3 is 2.64 bits per heavy atom. The van der Waals surface area contributed by atoms with Crippen LogP contribution in [0.25, 0.3) is 28.2 Å². The minimum absolute atomic E-state index is 0.122. The number of hydrogen-bond donors (Lipinski definition) is 1. The van der Waals surface area contributed by atoms with Crippen LogP contribution < -0.4 is 4.74 Å². The fourth-order valence-electron chi connectivity index (χ4n) is 6.88. The highest BCUT2D eigenvalue weighted by atomic mass is 32.2. The molecule has 0 aliphatic carbocycles. The van der Waals surface area contributed by atoms with Gasteiger partial charge in [-0.3, -0.25) is 9.48 Å². The van der Waals surface area contributed by atoms with Crippen molar-refractivity contribution in [2.45, 2.75) is 58.9 Å². The number of nitrogens with one attached hydrogen (secondary N) is 1. The number of sulfone groups is 1. The van der Waals surface area contributed by atoms with E-state index in [0.29, 0.717) is 42.3 Å². The van der Waals surface area contributed by atoms with Crippen LogP contribution in [0.4, 0.5) is 8.78 Å². The standard InChI is InChI=1S/C39H41F2N3O5S/c1-25(37(45)48-5)20-26-8-6-9-27(21-26)39(4)16-7-15-38(2,3)24-50(46,47)19-14-30-29-12-17-42-35(29)23-33(41)36(30)49-28-10-11-32(40)31(22-28)34-13-18-44(39)43-34/h6,8-14,17-19,21-23,25,42H,7,15-16,20,24H2,1-5H3/b19-14-/t25-,39?/m1/s1. The first-order chi connectivity index (χ1) is 23.7. The quantitative estimate of drug-likeness (QED) is 0.188. The van der Waals surface area contributed by atoms with Crippen LogP contribution in [-0.4, -0.2) is 42.0 Å². The summed E-state index contributed by atoms with van der Waals surface area (Å²) < 4.78 is 71.0. The fraction of sp³-hybridized carbons (Fsp3) is 0.333. The van der Waals surface area contributed by atoms with E-state index in [-0.39, 0.29) is 40.3 Å². The number of ether oxygens (including phenoxy) is 2. The Kier molecular flexibility index (Phi) is 9.47. The summed E-state index contributed by atoms with van der Waals surface area (Å²) in [5.41, 5.74) is 1.81. The SMILES string of the molecule is COC(=O)[C@H](C)Cc1cccc(C2(C)CCCC(C)(C)CS(=O)(=O)/C=C\c3c(c(F)cc4[nH]ccc34)Oc3ccc(F)c(c3)-c3ccn2n3)c1. The smallest absolute Gasteiger partial charge is 0.308 e. The maximum Gasteiger partial charge on any atom is 0.308 e. The lowest BCUT2D eigenvalue weighted by Crippen LogP contribution is -2.33. The zero-order chi connectivity index (χ0) is 35.8. The number of hydrogen-bond acceptors (Lipinski definition) is 6. The summed E-state index contributed by atoms with van der Waals surface area (Å²) in [6, 6.07) is 16.8. The second kappa shape index (κ2) is 13.5. The van der Waals surface area contributed by atoms with Crippen molar-refractivity contribution < 1.29 is 31.5 Å². The molecule has 11 heteroatoms. The minimum Gasteiger partial charge on any atom is -0.469 e. The van der Waals surface area contributed by atoms with E-state index < -0.39 is 32.4 Å².